The lowest BCUT2D eigenvalue weighted by molar-refractivity contribution is 0.0905. The van der Waals surface area contributed by atoms with Crippen LogP contribution in [0.3, 0.4) is 0 Å². The van der Waals surface area contributed by atoms with Crippen molar-refractivity contribution in [2.24, 2.45) is 5.92 Å². The van der Waals surface area contributed by atoms with E-state index in [1.807, 2.05) is 6.92 Å². The van der Waals surface area contributed by atoms with E-state index < -0.39 is 0 Å². The highest BCUT2D eigenvalue weighted by Gasteiger charge is 2.21. The highest BCUT2D eigenvalue weighted by atomic mass is 16.6. The molecule has 1 aliphatic rings. The van der Waals surface area contributed by atoms with Crippen LogP contribution in [0.2, 0.25) is 0 Å². The molecule has 0 bridgehead atoms. The van der Waals surface area contributed by atoms with Gasteiger partial charge in [-0.3, -0.25) is 0 Å². The number of amides is 1. The van der Waals surface area contributed by atoms with Gasteiger partial charge in [-0.2, -0.15) is 0 Å². The summed E-state index contributed by atoms with van der Waals surface area (Å²) < 4.78 is 4.92. The molecule has 0 aromatic carbocycles. The van der Waals surface area contributed by atoms with Gasteiger partial charge in [-0.1, -0.05) is 6.92 Å². The third-order valence-corrected chi connectivity index (χ3v) is 2.18. The minimum Gasteiger partial charge on any atom is -0.450 e. The molecule has 1 heterocycles. The van der Waals surface area contributed by atoms with Crippen molar-refractivity contribution in [2.45, 2.75) is 26.7 Å². The Kier molecular flexibility index (Phi) is 3.38. The van der Waals surface area contributed by atoms with E-state index in [1.165, 1.54) is 6.42 Å². The molecule has 1 saturated heterocycles. The molecule has 0 spiro atoms. The Bertz CT molecular complexity index is 159. The smallest absolute Gasteiger partial charge is 0.409 e. The number of rotatable bonds is 1. The number of ether oxygens (including phenoxy) is 1. The van der Waals surface area contributed by atoms with Crippen molar-refractivity contribution < 1.29 is 9.53 Å². The molecule has 12 heavy (non-hydrogen) atoms. The van der Waals surface area contributed by atoms with E-state index in [1.54, 1.807) is 4.90 Å². The molecule has 0 aromatic rings. The second-order valence-corrected chi connectivity index (χ2v) is 3.39. The monoisotopic (exact) mass is 171 g/mol. The summed E-state index contributed by atoms with van der Waals surface area (Å²) in [5, 5.41) is 0. The van der Waals surface area contributed by atoms with Gasteiger partial charge in [0.25, 0.3) is 0 Å². The first-order valence-corrected chi connectivity index (χ1v) is 4.65. The molecule has 1 amide bonds. The first-order valence-electron chi connectivity index (χ1n) is 4.65. The van der Waals surface area contributed by atoms with Crippen LogP contribution in [0.1, 0.15) is 26.7 Å². The second kappa shape index (κ2) is 4.33. The van der Waals surface area contributed by atoms with E-state index in [0.29, 0.717) is 12.5 Å². The van der Waals surface area contributed by atoms with E-state index in [9.17, 15) is 4.79 Å². The van der Waals surface area contributed by atoms with Crippen LogP contribution in [0.4, 0.5) is 4.79 Å². The maximum Gasteiger partial charge on any atom is 0.409 e. The Labute approximate surface area is 73.7 Å². The molecule has 0 aliphatic carbocycles. The lowest BCUT2D eigenvalue weighted by atomic mass is 10.0. The van der Waals surface area contributed by atoms with Crippen LogP contribution in [0.15, 0.2) is 0 Å². The van der Waals surface area contributed by atoms with E-state index in [0.717, 1.165) is 19.5 Å². The fourth-order valence-electron chi connectivity index (χ4n) is 1.57. The van der Waals surface area contributed by atoms with Gasteiger partial charge in [0, 0.05) is 13.1 Å². The van der Waals surface area contributed by atoms with Gasteiger partial charge >= 0.3 is 6.09 Å². The van der Waals surface area contributed by atoms with E-state index >= 15 is 0 Å². The van der Waals surface area contributed by atoms with Gasteiger partial charge in [-0.05, 0) is 25.7 Å². The van der Waals surface area contributed by atoms with E-state index in [2.05, 4.69) is 6.92 Å². The largest absolute Gasteiger partial charge is 0.450 e. The Morgan fingerprint density at radius 1 is 1.67 bits per heavy atom. The zero-order valence-corrected chi connectivity index (χ0v) is 7.88. The second-order valence-electron chi connectivity index (χ2n) is 3.39. The SMILES string of the molecule is CCOC(=O)N1CCCC(C)C1. The zero-order valence-electron chi connectivity index (χ0n) is 7.88. The molecule has 0 radical (unpaired) electrons. The summed E-state index contributed by atoms with van der Waals surface area (Å²) in [6, 6.07) is 0. The van der Waals surface area contributed by atoms with Crippen LogP contribution in [-0.2, 0) is 4.74 Å². The Morgan fingerprint density at radius 2 is 2.42 bits per heavy atom. The molecule has 1 unspecified atom stereocenters. The summed E-state index contributed by atoms with van der Waals surface area (Å²) in [7, 11) is 0. The average molecular weight is 171 g/mol. The fourth-order valence-corrected chi connectivity index (χ4v) is 1.57. The molecule has 1 fully saturated rings. The van der Waals surface area contributed by atoms with Crippen LogP contribution in [-0.4, -0.2) is 30.7 Å². The van der Waals surface area contributed by atoms with Gasteiger partial charge in [0.1, 0.15) is 0 Å². The molecule has 0 aromatic heterocycles. The molecule has 3 nitrogen and oxygen atoms in total. The average Bonchev–Trinajstić information content (AvgIpc) is 2.05. The van der Waals surface area contributed by atoms with Crippen LogP contribution < -0.4 is 0 Å². The van der Waals surface area contributed by atoms with Crippen LogP contribution >= 0.6 is 0 Å². The summed E-state index contributed by atoms with van der Waals surface area (Å²) in [5.41, 5.74) is 0. The summed E-state index contributed by atoms with van der Waals surface area (Å²) >= 11 is 0. The summed E-state index contributed by atoms with van der Waals surface area (Å²) in [4.78, 5) is 13.1. The standard InChI is InChI=1S/C9H17NO2/c1-3-12-9(11)10-6-4-5-8(2)7-10/h8H,3-7H2,1-2H3. The molecule has 1 rings (SSSR count). The van der Waals surface area contributed by atoms with Gasteiger partial charge in [-0.15, -0.1) is 0 Å². The Balaban J connectivity index is 2.35. The van der Waals surface area contributed by atoms with Crippen molar-refractivity contribution in [3.8, 4) is 0 Å². The normalized spacial score (nSPS) is 23.8. The number of piperidine rings is 1. The number of carbonyl (C=O) groups excluding carboxylic acids is 1. The molecule has 1 atom stereocenters. The summed E-state index contributed by atoms with van der Waals surface area (Å²) in [6.07, 6.45) is 2.19. The van der Waals surface area contributed by atoms with Gasteiger partial charge in [0.2, 0.25) is 0 Å². The van der Waals surface area contributed by atoms with Crippen LogP contribution in [0, 0.1) is 5.92 Å². The van der Waals surface area contributed by atoms with Gasteiger partial charge in [0.05, 0.1) is 6.61 Å². The van der Waals surface area contributed by atoms with Crippen molar-refractivity contribution in [1.82, 2.24) is 4.90 Å². The van der Waals surface area contributed by atoms with Crippen molar-refractivity contribution in [1.29, 1.82) is 0 Å². The maximum absolute atomic E-state index is 11.2. The molecule has 3 heteroatoms. The van der Waals surface area contributed by atoms with Crippen LogP contribution in [0.5, 0.6) is 0 Å². The summed E-state index contributed by atoms with van der Waals surface area (Å²) in [6.45, 7) is 6.21. The third-order valence-electron chi connectivity index (χ3n) is 2.18. The van der Waals surface area contributed by atoms with Crippen molar-refractivity contribution >= 4 is 6.09 Å². The van der Waals surface area contributed by atoms with Crippen molar-refractivity contribution in [2.75, 3.05) is 19.7 Å². The minimum atomic E-state index is -0.149. The topological polar surface area (TPSA) is 29.5 Å². The number of nitrogens with zero attached hydrogens (tertiary/aromatic N) is 1. The predicted octanol–water partition coefficient (Wildman–Crippen LogP) is 1.87. The maximum atomic E-state index is 11.2. The molecule has 0 saturated carbocycles. The lowest BCUT2D eigenvalue weighted by Crippen LogP contribution is -2.39. The van der Waals surface area contributed by atoms with Crippen molar-refractivity contribution in [3.63, 3.8) is 0 Å². The summed E-state index contributed by atoms with van der Waals surface area (Å²) in [5.74, 6) is 0.628. The molecular weight excluding hydrogens is 154 g/mol. The van der Waals surface area contributed by atoms with Crippen molar-refractivity contribution in [3.05, 3.63) is 0 Å². The lowest BCUT2D eigenvalue weighted by Gasteiger charge is -2.29. The number of carbonyl (C=O) groups is 1. The van der Waals surface area contributed by atoms with E-state index in [4.69, 9.17) is 4.74 Å². The first-order chi connectivity index (χ1) is 5.74. The molecule has 1 aliphatic heterocycles. The molecular formula is C9H17NO2. The number of hydrogen-bond donors (Lipinski definition) is 0. The number of likely N-dealkylation sites (tertiary alicyclic amines) is 1. The van der Waals surface area contributed by atoms with Gasteiger partial charge < -0.3 is 9.64 Å². The minimum absolute atomic E-state index is 0.149. The first kappa shape index (κ1) is 9.36. The van der Waals surface area contributed by atoms with Crippen LogP contribution in [0.25, 0.3) is 0 Å². The Morgan fingerprint density at radius 3 is 3.00 bits per heavy atom. The van der Waals surface area contributed by atoms with E-state index in [-0.39, 0.29) is 6.09 Å². The third kappa shape index (κ3) is 2.40. The molecule has 0 N–H and O–H groups in total. The van der Waals surface area contributed by atoms with Gasteiger partial charge in [-0.25, -0.2) is 4.79 Å². The number of hydrogen-bond acceptors (Lipinski definition) is 2. The Hall–Kier alpha value is -0.730. The zero-order chi connectivity index (χ0) is 8.97. The van der Waals surface area contributed by atoms with Gasteiger partial charge in [0.15, 0.2) is 0 Å². The quantitative estimate of drug-likeness (QED) is 0.602. The predicted molar refractivity (Wildman–Crippen MR) is 47.0 cm³/mol. The fraction of sp³-hybridized carbons (Fsp3) is 0.889. The molecule has 70 valence electrons. The highest BCUT2D eigenvalue weighted by Crippen LogP contribution is 2.15. The highest BCUT2D eigenvalue weighted by molar-refractivity contribution is 5.67.